The minimum atomic E-state index is -0.0199. The largest absolute Gasteiger partial charge is 0.377 e. The van der Waals surface area contributed by atoms with E-state index in [1.807, 2.05) is 28.9 Å². The van der Waals surface area contributed by atoms with E-state index in [0.29, 0.717) is 25.7 Å². The first-order chi connectivity index (χ1) is 19.6. The van der Waals surface area contributed by atoms with Gasteiger partial charge in [0.1, 0.15) is 5.69 Å². The van der Waals surface area contributed by atoms with Gasteiger partial charge < -0.3 is 24.0 Å². The molecule has 8 bridgehead atoms. The maximum atomic E-state index is 6.15. The van der Waals surface area contributed by atoms with Crippen molar-refractivity contribution < 1.29 is 9.47 Å². The van der Waals surface area contributed by atoms with Crippen LogP contribution in [0.4, 0.5) is 17.3 Å². The van der Waals surface area contributed by atoms with E-state index in [-0.39, 0.29) is 11.5 Å². The van der Waals surface area contributed by atoms with E-state index in [1.54, 1.807) is 6.20 Å². The minimum absolute atomic E-state index is 0.0199. The maximum absolute atomic E-state index is 6.15. The molecule has 0 radical (unpaired) electrons. The number of nitrogens with zero attached hydrogens (tertiary/aromatic N) is 7. The van der Waals surface area contributed by atoms with Crippen molar-refractivity contribution in [2.75, 3.05) is 60.5 Å². The molecule has 40 heavy (non-hydrogen) atoms. The van der Waals surface area contributed by atoms with Gasteiger partial charge in [-0.25, -0.2) is 14.6 Å². The lowest BCUT2D eigenvalue weighted by molar-refractivity contribution is 0.0515. The van der Waals surface area contributed by atoms with Crippen molar-refractivity contribution in [3.8, 4) is 17.1 Å². The first kappa shape index (κ1) is 25.8. The number of hydrogen-bond acceptors (Lipinski definition) is 10. The van der Waals surface area contributed by atoms with Crippen molar-refractivity contribution in [3.05, 3.63) is 48.8 Å². The zero-order valence-electron chi connectivity index (χ0n) is 22.9. The van der Waals surface area contributed by atoms with Gasteiger partial charge in [0.15, 0.2) is 0 Å². The fourth-order valence-electron chi connectivity index (χ4n) is 5.50. The Labute approximate surface area is 239 Å². The first-order valence-electron chi connectivity index (χ1n) is 14.3. The summed E-state index contributed by atoms with van der Waals surface area (Å²) in [6, 6.07) is 8.45. The molecule has 3 fully saturated rings. The zero-order chi connectivity index (χ0) is 26.9. The zero-order valence-corrected chi connectivity index (χ0v) is 23.7. The standard InChI is InChI=1S/C29H36N8O2S/c1-29-9-12-35(13-10-29)27-17-21(33-40-23-5-6-23)4-7-26(27)37-19-25(32-34-37)24-8-11-30-28(31-24)36-14-16-39-22(18-36)3-2-15-38-20-29/h2-4,7-8,11,17,19,22-23,33H,5-6,9-10,12-16,18,20H2,1H3/b3-2-. The van der Waals surface area contributed by atoms with E-state index in [9.17, 15) is 0 Å². The van der Waals surface area contributed by atoms with Crippen LogP contribution in [0.25, 0.3) is 17.1 Å². The third-order valence-electron chi connectivity index (χ3n) is 8.19. The van der Waals surface area contributed by atoms with E-state index in [2.05, 4.69) is 67.1 Å². The number of hydrogen-bond donors (Lipinski definition) is 1. The lowest BCUT2D eigenvalue weighted by Gasteiger charge is -2.40. The number of piperidine rings is 1. The van der Waals surface area contributed by atoms with E-state index >= 15 is 0 Å². The molecule has 1 N–H and O–H groups in total. The average Bonchev–Trinajstić information content (AvgIpc) is 3.69. The summed E-state index contributed by atoms with van der Waals surface area (Å²) in [5.74, 6) is 0.681. The molecule has 1 aromatic carbocycles. The second-order valence-corrected chi connectivity index (χ2v) is 12.6. The molecule has 3 aromatic rings. The highest BCUT2D eigenvalue weighted by Gasteiger charge is 2.32. The predicted octanol–water partition coefficient (Wildman–Crippen LogP) is 4.34. The molecule has 1 saturated carbocycles. The Morgan fingerprint density at radius 3 is 2.83 bits per heavy atom. The summed E-state index contributed by atoms with van der Waals surface area (Å²) in [7, 11) is 0. The molecular formula is C29H36N8O2S. The Balaban J connectivity index is 1.24. The Morgan fingerprint density at radius 1 is 1.05 bits per heavy atom. The highest BCUT2D eigenvalue weighted by Crippen LogP contribution is 2.39. The fraction of sp³-hybridized carbons (Fsp3) is 0.517. The topological polar surface area (TPSA) is 93.5 Å². The summed E-state index contributed by atoms with van der Waals surface area (Å²) in [5.41, 5.74) is 4.95. The molecule has 210 valence electrons. The number of nitrogens with one attached hydrogen (secondary N) is 1. The Kier molecular flexibility index (Phi) is 7.11. The summed E-state index contributed by atoms with van der Waals surface area (Å²) in [5, 5.41) is 9.81. The third-order valence-corrected chi connectivity index (χ3v) is 9.35. The van der Waals surface area contributed by atoms with E-state index < -0.39 is 0 Å². The lowest BCUT2D eigenvalue weighted by atomic mass is 9.81. The van der Waals surface area contributed by atoms with Crippen molar-refractivity contribution in [1.82, 2.24) is 25.0 Å². The number of fused-ring (bicyclic) bond motifs is 5. The normalized spacial score (nSPS) is 25.8. The molecule has 11 heteroatoms. The molecule has 10 nitrogen and oxygen atoms in total. The Hall–Kier alpha value is -3.15. The van der Waals surface area contributed by atoms with Gasteiger partial charge in [-0.05, 0) is 67.3 Å². The minimum Gasteiger partial charge on any atom is -0.377 e. The lowest BCUT2D eigenvalue weighted by Crippen LogP contribution is -2.42. The van der Waals surface area contributed by atoms with Gasteiger partial charge in [0.05, 0.1) is 55.7 Å². The molecule has 2 aromatic heterocycles. The Bertz CT molecular complexity index is 1370. The molecule has 1 aliphatic carbocycles. The highest BCUT2D eigenvalue weighted by molar-refractivity contribution is 8.01. The van der Waals surface area contributed by atoms with Gasteiger partial charge in [-0.1, -0.05) is 24.3 Å². The summed E-state index contributed by atoms with van der Waals surface area (Å²) in [4.78, 5) is 14.1. The first-order valence-corrected chi connectivity index (χ1v) is 15.2. The van der Waals surface area contributed by atoms with Crippen LogP contribution in [0.3, 0.4) is 0 Å². The van der Waals surface area contributed by atoms with Gasteiger partial charge in [-0.3, -0.25) is 0 Å². The van der Waals surface area contributed by atoms with Crippen LogP contribution in [0, 0.1) is 5.41 Å². The van der Waals surface area contributed by atoms with Crippen molar-refractivity contribution >= 4 is 29.3 Å². The van der Waals surface area contributed by atoms with Gasteiger partial charge in [0.25, 0.3) is 0 Å². The van der Waals surface area contributed by atoms with Crippen LogP contribution in [0.2, 0.25) is 0 Å². The van der Waals surface area contributed by atoms with E-state index in [1.165, 1.54) is 18.5 Å². The summed E-state index contributed by atoms with van der Waals surface area (Å²) in [6.45, 7) is 7.69. The van der Waals surface area contributed by atoms with Crippen LogP contribution < -0.4 is 14.5 Å². The maximum Gasteiger partial charge on any atom is 0.226 e. The van der Waals surface area contributed by atoms with Gasteiger partial charge in [0, 0.05) is 36.8 Å². The average molecular weight is 561 g/mol. The quantitative estimate of drug-likeness (QED) is 0.368. The second-order valence-electron chi connectivity index (χ2n) is 11.5. The van der Waals surface area contributed by atoms with Crippen molar-refractivity contribution in [3.63, 3.8) is 0 Å². The van der Waals surface area contributed by atoms with Crippen LogP contribution in [-0.2, 0) is 9.47 Å². The van der Waals surface area contributed by atoms with Crippen molar-refractivity contribution in [1.29, 1.82) is 0 Å². The van der Waals surface area contributed by atoms with Crippen LogP contribution in [0.1, 0.15) is 32.6 Å². The number of benzene rings is 1. The predicted molar refractivity (Wildman–Crippen MR) is 158 cm³/mol. The van der Waals surface area contributed by atoms with Gasteiger partial charge in [-0.2, -0.15) is 0 Å². The molecular weight excluding hydrogens is 524 g/mol. The SMILES string of the molecule is CC12CCN(CC1)c1cc(NSC3CC3)ccc1-n1cc(nn1)-c1ccnc(n1)N1CCOC(/C=C\COC2)C1. The van der Waals surface area contributed by atoms with Gasteiger partial charge >= 0.3 is 0 Å². The summed E-state index contributed by atoms with van der Waals surface area (Å²) in [6.07, 6.45) is 12.7. The third kappa shape index (κ3) is 5.68. The smallest absolute Gasteiger partial charge is 0.226 e. The van der Waals surface area contributed by atoms with Gasteiger partial charge in [-0.15, -0.1) is 5.10 Å². The fourth-order valence-corrected chi connectivity index (χ4v) is 6.30. The molecule has 5 aliphatic rings. The van der Waals surface area contributed by atoms with Crippen molar-refractivity contribution in [2.45, 2.75) is 44.0 Å². The van der Waals surface area contributed by atoms with Crippen molar-refractivity contribution in [2.24, 2.45) is 5.41 Å². The van der Waals surface area contributed by atoms with Crippen LogP contribution in [0.15, 0.2) is 48.8 Å². The summed E-state index contributed by atoms with van der Waals surface area (Å²) >= 11 is 1.83. The molecule has 0 spiro atoms. The van der Waals surface area contributed by atoms with Crippen LogP contribution in [0.5, 0.6) is 0 Å². The number of ether oxygens (including phenoxy) is 2. The molecule has 1 unspecified atom stereocenters. The molecule has 2 saturated heterocycles. The highest BCUT2D eigenvalue weighted by atomic mass is 32.2. The number of anilines is 3. The van der Waals surface area contributed by atoms with Crippen LogP contribution >= 0.6 is 11.9 Å². The molecule has 8 rings (SSSR count). The number of aromatic nitrogens is 5. The molecule has 0 amide bonds. The number of rotatable bonds is 3. The number of morpholine rings is 1. The Morgan fingerprint density at radius 2 is 1.95 bits per heavy atom. The second kappa shape index (κ2) is 11.0. The van der Waals surface area contributed by atoms with Gasteiger partial charge in [0.2, 0.25) is 5.95 Å². The van der Waals surface area contributed by atoms with E-state index in [0.717, 1.165) is 67.1 Å². The molecule has 1 atom stereocenters. The molecule has 4 aliphatic heterocycles. The van der Waals surface area contributed by atoms with E-state index in [4.69, 9.17) is 14.5 Å². The van der Waals surface area contributed by atoms with Crippen LogP contribution in [-0.4, -0.2) is 82.3 Å². The summed E-state index contributed by atoms with van der Waals surface area (Å²) < 4.78 is 17.6. The monoisotopic (exact) mass is 560 g/mol. The molecule has 6 heterocycles.